The van der Waals surface area contributed by atoms with E-state index in [1.165, 1.54) is 0 Å². The molecule has 1 saturated heterocycles. The van der Waals surface area contributed by atoms with Crippen molar-refractivity contribution >= 4 is 11.4 Å². The maximum atomic E-state index is 12.9. The number of nitrogens with zero attached hydrogens (tertiary/aromatic N) is 3. The molecule has 1 fully saturated rings. The van der Waals surface area contributed by atoms with Crippen molar-refractivity contribution in [1.29, 1.82) is 0 Å². The molecule has 126 valence electrons. The minimum Gasteiger partial charge on any atom is -0.623 e. The van der Waals surface area contributed by atoms with Crippen molar-refractivity contribution in [3.05, 3.63) is 53.1 Å². The van der Waals surface area contributed by atoms with Gasteiger partial charge in [0, 0.05) is 25.7 Å². The van der Waals surface area contributed by atoms with Crippen molar-refractivity contribution < 1.29 is 13.9 Å². The van der Waals surface area contributed by atoms with Gasteiger partial charge in [-0.3, -0.25) is 0 Å². The molecule has 3 heterocycles. The molecule has 0 saturated carbocycles. The summed E-state index contributed by atoms with van der Waals surface area (Å²) in [5.41, 5.74) is 2.53. The third-order valence-corrected chi connectivity index (χ3v) is 4.84. The van der Waals surface area contributed by atoms with E-state index in [-0.39, 0.29) is 6.04 Å². The topological polar surface area (TPSA) is 54.9 Å². The van der Waals surface area contributed by atoms with Crippen molar-refractivity contribution in [2.75, 3.05) is 45.2 Å². The first-order valence-electron chi connectivity index (χ1n) is 8.16. The van der Waals surface area contributed by atoms with E-state index in [2.05, 4.69) is 16.8 Å². The van der Waals surface area contributed by atoms with E-state index in [1.807, 2.05) is 30.3 Å². The first-order valence-corrected chi connectivity index (χ1v) is 8.16. The Bertz CT molecular complexity index is 770. The van der Waals surface area contributed by atoms with Gasteiger partial charge in [0.2, 0.25) is 0 Å². The Morgan fingerprint density at radius 2 is 2.17 bits per heavy atom. The number of hydrogen-bond donors (Lipinski definition) is 0. The highest BCUT2D eigenvalue weighted by atomic mass is 16.5. The molecule has 1 aromatic carbocycles. The van der Waals surface area contributed by atoms with Crippen LogP contribution in [0.15, 0.2) is 41.0 Å². The van der Waals surface area contributed by atoms with Gasteiger partial charge in [0.15, 0.2) is 12.3 Å². The Morgan fingerprint density at radius 3 is 2.92 bits per heavy atom. The molecule has 1 atom stereocenters. The van der Waals surface area contributed by atoms with Crippen LogP contribution in [-0.4, -0.2) is 61.7 Å². The molecule has 0 radical (unpaired) electrons. The molecule has 2 aromatic rings. The van der Waals surface area contributed by atoms with Crippen LogP contribution in [0, 0.1) is 5.21 Å². The van der Waals surface area contributed by atoms with Gasteiger partial charge < -0.3 is 24.2 Å². The molecule has 0 N–H and O–H groups in total. The van der Waals surface area contributed by atoms with Crippen molar-refractivity contribution in [1.82, 2.24) is 4.90 Å². The number of hydrogen-bond acceptors (Lipinski definition) is 5. The number of rotatable bonds is 2. The molecular formula is C18H21N3O3. The van der Waals surface area contributed by atoms with Gasteiger partial charge in [-0.25, -0.2) is 0 Å². The Labute approximate surface area is 141 Å². The third kappa shape index (κ3) is 2.43. The van der Waals surface area contributed by atoms with Gasteiger partial charge in [-0.15, -0.1) is 0 Å². The van der Waals surface area contributed by atoms with Crippen LogP contribution >= 0.6 is 0 Å². The molecular weight excluding hydrogens is 306 g/mol. The summed E-state index contributed by atoms with van der Waals surface area (Å²) in [7, 11) is 3.76. The number of benzene rings is 1. The Morgan fingerprint density at radius 1 is 1.29 bits per heavy atom. The second-order valence-corrected chi connectivity index (χ2v) is 6.38. The fourth-order valence-electron chi connectivity index (χ4n) is 3.65. The number of fused-ring (bicyclic) bond motifs is 3. The minimum absolute atomic E-state index is 0.138. The monoisotopic (exact) mass is 327 g/mol. The number of hydroxylamine groups is 1. The van der Waals surface area contributed by atoms with E-state index in [0.717, 1.165) is 41.4 Å². The zero-order chi connectivity index (χ0) is 16.7. The van der Waals surface area contributed by atoms with Crippen LogP contribution in [0.3, 0.4) is 0 Å². The predicted molar refractivity (Wildman–Crippen MR) is 92.0 cm³/mol. The summed E-state index contributed by atoms with van der Waals surface area (Å²) in [4.78, 5) is 4.60. The normalized spacial score (nSPS) is 21.2. The maximum Gasteiger partial charge on any atom is 0.263 e. The Kier molecular flexibility index (Phi) is 3.69. The average molecular weight is 327 g/mol. The van der Waals surface area contributed by atoms with E-state index < -0.39 is 0 Å². The molecule has 1 unspecified atom stereocenters. The number of likely N-dealkylation sites (N-methyl/N-ethyl adjacent to an activating group) is 1. The van der Waals surface area contributed by atoms with Gasteiger partial charge in [-0.1, -0.05) is 0 Å². The molecule has 24 heavy (non-hydrogen) atoms. The quantitative estimate of drug-likeness (QED) is 0.621. The predicted octanol–water partition coefficient (Wildman–Crippen LogP) is 1.77. The molecule has 6 nitrogen and oxygen atoms in total. The number of furan rings is 1. The van der Waals surface area contributed by atoms with Crippen LogP contribution in [0.2, 0.25) is 0 Å². The van der Waals surface area contributed by atoms with Crippen LogP contribution in [0.25, 0.3) is 0 Å². The lowest BCUT2D eigenvalue weighted by Crippen LogP contribution is -2.54. The zero-order valence-electron chi connectivity index (χ0n) is 13.9. The fraction of sp³-hybridized carbons (Fsp3) is 0.389. The number of piperazine rings is 1. The summed E-state index contributed by atoms with van der Waals surface area (Å²) in [6, 6.07) is 9.66. The first-order chi connectivity index (χ1) is 11.7. The van der Waals surface area contributed by atoms with E-state index in [1.54, 1.807) is 13.4 Å². The van der Waals surface area contributed by atoms with Crippen LogP contribution in [-0.2, 0) is 0 Å². The fourth-order valence-corrected chi connectivity index (χ4v) is 3.65. The molecule has 1 aromatic heterocycles. The second kappa shape index (κ2) is 5.87. The highest BCUT2D eigenvalue weighted by molar-refractivity contribution is 6.12. The Balaban J connectivity index is 1.91. The molecule has 4 rings (SSSR count). The van der Waals surface area contributed by atoms with Crippen molar-refractivity contribution in [2.24, 2.45) is 0 Å². The van der Waals surface area contributed by atoms with E-state index in [9.17, 15) is 5.21 Å². The highest BCUT2D eigenvalue weighted by Crippen LogP contribution is 2.33. The molecule has 0 bridgehead atoms. The molecule has 2 aliphatic heterocycles. The summed E-state index contributed by atoms with van der Waals surface area (Å²) < 4.78 is 12.0. The summed E-state index contributed by atoms with van der Waals surface area (Å²) in [6.07, 6.45) is 1.60. The van der Waals surface area contributed by atoms with E-state index >= 15 is 0 Å². The summed E-state index contributed by atoms with van der Waals surface area (Å²) in [5, 5.41) is 12.9. The number of ether oxygens (including phenoxy) is 1. The lowest BCUT2D eigenvalue weighted by Gasteiger charge is -2.39. The van der Waals surface area contributed by atoms with E-state index in [4.69, 9.17) is 9.15 Å². The minimum atomic E-state index is 0.138. The highest BCUT2D eigenvalue weighted by Gasteiger charge is 2.36. The van der Waals surface area contributed by atoms with Crippen LogP contribution in [0.5, 0.6) is 5.75 Å². The van der Waals surface area contributed by atoms with Crippen molar-refractivity contribution in [3.63, 3.8) is 0 Å². The number of anilines is 1. The smallest absolute Gasteiger partial charge is 0.263 e. The molecule has 0 aliphatic carbocycles. The van der Waals surface area contributed by atoms with Crippen molar-refractivity contribution in [2.45, 2.75) is 6.04 Å². The first kappa shape index (κ1) is 15.1. The summed E-state index contributed by atoms with van der Waals surface area (Å²) in [5.74, 6) is 1.40. The molecule has 0 spiro atoms. The van der Waals surface area contributed by atoms with Crippen molar-refractivity contribution in [3.8, 4) is 5.75 Å². The van der Waals surface area contributed by atoms with Crippen LogP contribution in [0.4, 0.5) is 5.69 Å². The summed E-state index contributed by atoms with van der Waals surface area (Å²) >= 11 is 0. The largest absolute Gasteiger partial charge is 0.623 e. The van der Waals surface area contributed by atoms with Gasteiger partial charge in [0.1, 0.15) is 11.8 Å². The Hall–Kier alpha value is -2.47. The number of methoxy groups -OCH3 is 1. The van der Waals surface area contributed by atoms with Gasteiger partial charge in [-0.05, 0) is 31.3 Å². The SMILES string of the molecule is COc1ccc2c(c1)N1CCN(C)CC1C[N+]([O-])=C2c1ccco1. The molecule has 2 aliphatic rings. The third-order valence-electron chi connectivity index (χ3n) is 4.84. The standard InChI is InChI=1S/C18H21N3O3/c1-19-7-8-20-13(11-19)12-21(22)18(17-4-3-9-24-17)15-6-5-14(23-2)10-16(15)20/h3-6,9-10,13H,7-8,11-12H2,1-2H3. The summed E-state index contributed by atoms with van der Waals surface area (Å²) in [6.45, 7) is 3.14. The molecule has 0 amide bonds. The molecule has 6 heteroatoms. The van der Waals surface area contributed by atoms with Crippen LogP contribution < -0.4 is 9.64 Å². The lowest BCUT2D eigenvalue weighted by atomic mass is 10.0. The van der Waals surface area contributed by atoms with Gasteiger partial charge in [0.25, 0.3) is 5.71 Å². The van der Waals surface area contributed by atoms with Crippen LogP contribution in [0.1, 0.15) is 11.3 Å². The van der Waals surface area contributed by atoms with Gasteiger partial charge >= 0.3 is 0 Å². The van der Waals surface area contributed by atoms with Gasteiger partial charge in [0.05, 0.1) is 24.6 Å². The van der Waals surface area contributed by atoms with Gasteiger partial charge in [-0.2, -0.15) is 4.74 Å². The zero-order valence-corrected chi connectivity index (χ0v) is 13.9. The van der Waals surface area contributed by atoms with E-state index in [0.29, 0.717) is 18.0 Å². The lowest BCUT2D eigenvalue weighted by molar-refractivity contribution is -0.459. The maximum absolute atomic E-state index is 12.9. The second-order valence-electron chi connectivity index (χ2n) is 6.38. The average Bonchev–Trinajstić information content (AvgIpc) is 3.06.